The van der Waals surface area contributed by atoms with E-state index in [0.29, 0.717) is 13.0 Å². The summed E-state index contributed by atoms with van der Waals surface area (Å²) >= 11 is 0. The van der Waals surface area contributed by atoms with Crippen LogP contribution < -0.4 is 5.32 Å². The summed E-state index contributed by atoms with van der Waals surface area (Å²) in [6.45, 7) is 4.83. The molecule has 0 saturated carbocycles. The van der Waals surface area contributed by atoms with Crippen molar-refractivity contribution in [3.05, 3.63) is 29.8 Å². The molecule has 1 aromatic carbocycles. The van der Waals surface area contributed by atoms with Crippen molar-refractivity contribution in [3.63, 3.8) is 0 Å². The van der Waals surface area contributed by atoms with E-state index in [2.05, 4.69) is 5.32 Å². The normalized spacial score (nSPS) is 22.4. The van der Waals surface area contributed by atoms with Crippen LogP contribution in [0.2, 0.25) is 0 Å². The second-order valence-electron chi connectivity index (χ2n) is 5.58. The zero-order valence-corrected chi connectivity index (χ0v) is 11.8. The predicted octanol–water partition coefficient (Wildman–Crippen LogP) is 2.57. The first kappa shape index (κ1) is 14.4. The Morgan fingerprint density at radius 2 is 1.90 bits per heavy atom. The van der Waals surface area contributed by atoms with Crippen molar-refractivity contribution in [2.75, 3.05) is 18.4 Å². The summed E-state index contributed by atoms with van der Waals surface area (Å²) in [6, 6.07) is 7.31. The smallest absolute Gasteiger partial charge is 0.321 e. The molecule has 0 spiro atoms. The number of carbonyl (C=O) groups is 2. The number of piperidine rings is 1. The molecule has 2 unspecified atom stereocenters. The van der Waals surface area contributed by atoms with Gasteiger partial charge in [0.05, 0.1) is 5.92 Å². The van der Waals surface area contributed by atoms with Gasteiger partial charge in [0.2, 0.25) is 0 Å². The van der Waals surface area contributed by atoms with E-state index >= 15 is 0 Å². The quantitative estimate of drug-likeness (QED) is 0.872. The van der Waals surface area contributed by atoms with E-state index in [1.807, 2.05) is 38.1 Å². The first-order valence-corrected chi connectivity index (χ1v) is 6.81. The number of urea groups is 1. The van der Waals surface area contributed by atoms with Gasteiger partial charge in [-0.15, -0.1) is 0 Å². The zero-order valence-electron chi connectivity index (χ0n) is 11.8. The number of amides is 2. The van der Waals surface area contributed by atoms with Crippen molar-refractivity contribution in [1.82, 2.24) is 4.90 Å². The summed E-state index contributed by atoms with van der Waals surface area (Å²) in [5.41, 5.74) is 1.85. The summed E-state index contributed by atoms with van der Waals surface area (Å²) < 4.78 is 0. The van der Waals surface area contributed by atoms with Gasteiger partial charge in [-0.3, -0.25) is 4.79 Å². The highest BCUT2D eigenvalue weighted by Gasteiger charge is 2.31. The summed E-state index contributed by atoms with van der Waals surface area (Å²) in [5, 5.41) is 11.9. The zero-order chi connectivity index (χ0) is 14.7. The first-order valence-electron chi connectivity index (χ1n) is 6.81. The molecule has 1 saturated heterocycles. The number of nitrogens with zero attached hydrogens (tertiary/aromatic N) is 1. The van der Waals surface area contributed by atoms with E-state index in [1.54, 1.807) is 4.90 Å². The minimum atomic E-state index is -0.829. The van der Waals surface area contributed by atoms with Crippen molar-refractivity contribution >= 4 is 17.7 Å². The van der Waals surface area contributed by atoms with Crippen molar-refractivity contribution in [3.8, 4) is 0 Å². The minimum absolute atomic E-state index is 0.202. The fraction of sp³-hybridized carbons (Fsp3) is 0.467. The second-order valence-corrected chi connectivity index (χ2v) is 5.58. The van der Waals surface area contributed by atoms with Crippen LogP contribution in [0.5, 0.6) is 0 Å². The molecule has 1 heterocycles. The van der Waals surface area contributed by atoms with Crippen LogP contribution in [0, 0.1) is 18.8 Å². The molecule has 2 rings (SSSR count). The van der Waals surface area contributed by atoms with Gasteiger partial charge in [0, 0.05) is 18.8 Å². The molecule has 5 heteroatoms. The Morgan fingerprint density at radius 1 is 1.25 bits per heavy atom. The lowest BCUT2D eigenvalue weighted by Gasteiger charge is -2.34. The first-order chi connectivity index (χ1) is 9.45. The standard InChI is InChI=1S/C15H20N2O3/c1-10-3-5-13(6-4-10)16-15(20)17-8-11(2)7-12(9-17)14(18)19/h3-6,11-12H,7-9H2,1-2H3,(H,16,20)(H,18,19). The highest BCUT2D eigenvalue weighted by Crippen LogP contribution is 2.22. The predicted molar refractivity (Wildman–Crippen MR) is 76.7 cm³/mol. The van der Waals surface area contributed by atoms with E-state index < -0.39 is 11.9 Å². The molecule has 1 aliphatic heterocycles. The van der Waals surface area contributed by atoms with Crippen LogP contribution in [-0.2, 0) is 4.79 Å². The molecule has 0 bridgehead atoms. The number of carboxylic acid groups (broad SMARTS) is 1. The summed E-state index contributed by atoms with van der Waals surface area (Å²) in [5.74, 6) is -1.10. The summed E-state index contributed by atoms with van der Waals surface area (Å²) in [7, 11) is 0. The summed E-state index contributed by atoms with van der Waals surface area (Å²) in [6.07, 6.45) is 0.629. The largest absolute Gasteiger partial charge is 0.481 e. The number of hydrogen-bond acceptors (Lipinski definition) is 2. The lowest BCUT2D eigenvalue weighted by molar-refractivity contribution is -0.143. The molecule has 1 aliphatic rings. The van der Waals surface area contributed by atoms with Crippen molar-refractivity contribution in [1.29, 1.82) is 0 Å². The molecule has 0 aromatic heterocycles. The SMILES string of the molecule is Cc1ccc(NC(=O)N2CC(C)CC(C(=O)O)C2)cc1. The Labute approximate surface area is 118 Å². The second kappa shape index (κ2) is 5.94. The Hall–Kier alpha value is -2.04. The molecular formula is C15H20N2O3. The lowest BCUT2D eigenvalue weighted by atomic mass is 9.91. The van der Waals surface area contributed by atoms with Gasteiger partial charge in [-0.1, -0.05) is 24.6 Å². The number of carboxylic acids is 1. The number of likely N-dealkylation sites (tertiary alicyclic amines) is 1. The summed E-state index contributed by atoms with van der Waals surface area (Å²) in [4.78, 5) is 24.9. The molecular weight excluding hydrogens is 256 g/mol. The van der Waals surface area contributed by atoms with Crippen molar-refractivity contribution < 1.29 is 14.7 Å². The number of anilines is 1. The van der Waals surface area contributed by atoms with Gasteiger partial charge < -0.3 is 15.3 Å². The maximum atomic E-state index is 12.2. The molecule has 1 fully saturated rings. The minimum Gasteiger partial charge on any atom is -0.481 e. The van der Waals surface area contributed by atoms with Crippen LogP contribution in [0.15, 0.2) is 24.3 Å². The highest BCUT2D eigenvalue weighted by molar-refractivity contribution is 5.89. The number of aryl methyl sites for hydroxylation is 1. The van der Waals surface area contributed by atoms with Gasteiger partial charge in [-0.25, -0.2) is 4.79 Å². The van der Waals surface area contributed by atoms with Gasteiger partial charge in [-0.2, -0.15) is 0 Å². The lowest BCUT2D eigenvalue weighted by Crippen LogP contribution is -2.47. The third kappa shape index (κ3) is 3.50. The van der Waals surface area contributed by atoms with E-state index in [9.17, 15) is 9.59 Å². The monoisotopic (exact) mass is 276 g/mol. The Balaban J connectivity index is 2.01. The molecule has 5 nitrogen and oxygen atoms in total. The number of carbonyl (C=O) groups excluding carboxylic acids is 1. The van der Waals surface area contributed by atoms with Crippen LogP contribution in [0.25, 0.3) is 0 Å². The average molecular weight is 276 g/mol. The van der Waals surface area contributed by atoms with Crippen LogP contribution in [0.1, 0.15) is 18.9 Å². The number of hydrogen-bond donors (Lipinski definition) is 2. The Morgan fingerprint density at radius 3 is 2.50 bits per heavy atom. The van der Waals surface area contributed by atoms with E-state index in [0.717, 1.165) is 11.3 Å². The molecule has 1 aromatic rings. The molecule has 2 atom stereocenters. The number of benzene rings is 1. The molecule has 20 heavy (non-hydrogen) atoms. The number of aliphatic carboxylic acids is 1. The third-order valence-corrected chi connectivity index (χ3v) is 3.60. The fourth-order valence-electron chi connectivity index (χ4n) is 2.54. The topological polar surface area (TPSA) is 69.6 Å². The highest BCUT2D eigenvalue weighted by atomic mass is 16.4. The van der Waals surface area contributed by atoms with Crippen molar-refractivity contribution in [2.45, 2.75) is 20.3 Å². The number of rotatable bonds is 2. The van der Waals surface area contributed by atoms with Gasteiger partial charge in [0.1, 0.15) is 0 Å². The third-order valence-electron chi connectivity index (χ3n) is 3.60. The van der Waals surface area contributed by atoms with Gasteiger partial charge in [-0.05, 0) is 31.4 Å². The molecule has 2 amide bonds. The van der Waals surface area contributed by atoms with Crippen LogP contribution in [-0.4, -0.2) is 35.1 Å². The van der Waals surface area contributed by atoms with Crippen LogP contribution >= 0.6 is 0 Å². The van der Waals surface area contributed by atoms with Crippen LogP contribution in [0.4, 0.5) is 10.5 Å². The molecule has 0 radical (unpaired) electrons. The molecule has 2 N–H and O–H groups in total. The average Bonchev–Trinajstić information content (AvgIpc) is 2.40. The van der Waals surface area contributed by atoms with Gasteiger partial charge in [0.15, 0.2) is 0 Å². The Bertz CT molecular complexity index is 498. The van der Waals surface area contributed by atoms with Gasteiger partial charge >= 0.3 is 12.0 Å². The van der Waals surface area contributed by atoms with Gasteiger partial charge in [0.25, 0.3) is 0 Å². The number of nitrogens with one attached hydrogen (secondary N) is 1. The van der Waals surface area contributed by atoms with E-state index in [-0.39, 0.29) is 18.5 Å². The molecule has 0 aliphatic carbocycles. The molecule has 108 valence electrons. The Kier molecular flexibility index (Phi) is 4.27. The van der Waals surface area contributed by atoms with Crippen molar-refractivity contribution in [2.24, 2.45) is 11.8 Å². The van der Waals surface area contributed by atoms with Crippen LogP contribution in [0.3, 0.4) is 0 Å². The fourth-order valence-corrected chi connectivity index (χ4v) is 2.54. The van der Waals surface area contributed by atoms with E-state index in [1.165, 1.54) is 0 Å². The maximum absolute atomic E-state index is 12.2. The van der Waals surface area contributed by atoms with E-state index in [4.69, 9.17) is 5.11 Å². The maximum Gasteiger partial charge on any atom is 0.321 e.